The lowest BCUT2D eigenvalue weighted by Gasteiger charge is -1.90. The first-order chi connectivity index (χ1) is 8.81. The Hall–Kier alpha value is -1.80. The van der Waals surface area contributed by atoms with E-state index in [0.29, 0.717) is 0 Å². The number of fused-ring (bicyclic) bond motifs is 1. The van der Waals surface area contributed by atoms with Gasteiger partial charge in [-0.2, -0.15) is 0 Å². The third kappa shape index (κ3) is 2.39. The van der Waals surface area contributed by atoms with Crippen molar-refractivity contribution < 1.29 is 0 Å². The van der Waals surface area contributed by atoms with Gasteiger partial charge in [-0.15, -0.1) is 0 Å². The number of benzene rings is 2. The van der Waals surface area contributed by atoms with Crippen molar-refractivity contribution in [1.29, 1.82) is 0 Å². The average molecular weight is 298 g/mol. The van der Waals surface area contributed by atoms with Gasteiger partial charge in [-0.1, -0.05) is 52.3 Å². The zero-order chi connectivity index (χ0) is 12.4. The van der Waals surface area contributed by atoms with Gasteiger partial charge < -0.3 is 4.98 Å². The normalized spacial score (nSPS) is 11.4. The molecule has 0 saturated carbocycles. The van der Waals surface area contributed by atoms with Gasteiger partial charge >= 0.3 is 0 Å². The molecule has 3 rings (SSSR count). The minimum Gasteiger partial charge on any atom is -0.355 e. The van der Waals surface area contributed by atoms with Crippen molar-refractivity contribution in [2.45, 2.75) is 0 Å². The molecule has 1 nitrogen and oxygen atoms in total. The second-order valence-electron chi connectivity index (χ2n) is 4.20. The van der Waals surface area contributed by atoms with E-state index in [1.165, 1.54) is 10.9 Å². The summed E-state index contributed by atoms with van der Waals surface area (Å²) in [6.07, 6.45) is 4.21. The molecule has 1 N–H and O–H groups in total. The molecular weight excluding hydrogens is 286 g/mol. The second kappa shape index (κ2) is 4.83. The van der Waals surface area contributed by atoms with E-state index in [-0.39, 0.29) is 0 Å². The quantitative estimate of drug-likeness (QED) is 0.677. The Morgan fingerprint density at radius 3 is 2.56 bits per heavy atom. The van der Waals surface area contributed by atoms with Crippen LogP contribution >= 0.6 is 15.9 Å². The molecule has 1 heterocycles. The van der Waals surface area contributed by atoms with Crippen LogP contribution in [0.5, 0.6) is 0 Å². The summed E-state index contributed by atoms with van der Waals surface area (Å²) in [6, 6.07) is 18.7. The summed E-state index contributed by atoms with van der Waals surface area (Å²) >= 11 is 3.49. The van der Waals surface area contributed by atoms with E-state index in [4.69, 9.17) is 0 Å². The lowest BCUT2D eigenvalue weighted by atomic mass is 10.2. The van der Waals surface area contributed by atoms with Crippen LogP contribution in [0.3, 0.4) is 0 Å². The molecule has 1 aromatic heterocycles. The fourth-order valence-corrected chi connectivity index (χ4v) is 2.34. The highest BCUT2D eigenvalue weighted by molar-refractivity contribution is 9.10. The van der Waals surface area contributed by atoms with Crippen molar-refractivity contribution >= 4 is 39.0 Å². The number of aromatic nitrogens is 1. The highest BCUT2D eigenvalue weighted by Gasteiger charge is 1.98. The van der Waals surface area contributed by atoms with Crippen LogP contribution in [0, 0.1) is 0 Å². The Morgan fingerprint density at radius 1 is 0.889 bits per heavy atom. The molecule has 88 valence electrons. The summed E-state index contributed by atoms with van der Waals surface area (Å²) in [5.74, 6) is 0. The molecule has 2 aromatic carbocycles. The molecule has 0 atom stereocenters. The van der Waals surface area contributed by atoms with E-state index in [0.717, 1.165) is 15.7 Å². The predicted molar refractivity (Wildman–Crippen MR) is 81.4 cm³/mol. The van der Waals surface area contributed by atoms with Crippen molar-refractivity contribution in [2.75, 3.05) is 0 Å². The van der Waals surface area contributed by atoms with E-state index in [9.17, 15) is 0 Å². The second-order valence-corrected chi connectivity index (χ2v) is 5.12. The molecule has 0 aliphatic carbocycles. The molecule has 0 aliphatic heterocycles. The van der Waals surface area contributed by atoms with Crippen LogP contribution in [-0.2, 0) is 0 Å². The molecule has 0 radical (unpaired) electrons. The highest BCUT2D eigenvalue weighted by Crippen LogP contribution is 2.21. The number of hydrogen-bond donors (Lipinski definition) is 1. The van der Waals surface area contributed by atoms with E-state index in [2.05, 4.69) is 63.4 Å². The van der Waals surface area contributed by atoms with Gasteiger partial charge in [-0.25, -0.2) is 0 Å². The minimum atomic E-state index is 1.10. The SMILES string of the molecule is Brc1ccc2[nH]c(/C=C/c3ccccc3)cc2c1. The summed E-state index contributed by atoms with van der Waals surface area (Å²) in [5.41, 5.74) is 3.48. The molecule has 2 heteroatoms. The minimum absolute atomic E-state index is 1.10. The maximum absolute atomic E-state index is 3.49. The maximum Gasteiger partial charge on any atom is 0.0459 e. The molecule has 0 spiro atoms. The summed E-state index contributed by atoms with van der Waals surface area (Å²) in [4.78, 5) is 3.39. The number of hydrogen-bond acceptors (Lipinski definition) is 0. The van der Waals surface area contributed by atoms with Crippen molar-refractivity contribution in [3.8, 4) is 0 Å². The number of nitrogens with one attached hydrogen (secondary N) is 1. The van der Waals surface area contributed by atoms with Gasteiger partial charge in [-0.3, -0.25) is 0 Å². The number of aromatic amines is 1. The third-order valence-corrected chi connectivity index (χ3v) is 3.35. The molecule has 0 bridgehead atoms. The van der Waals surface area contributed by atoms with Gasteiger partial charge in [0, 0.05) is 21.1 Å². The van der Waals surface area contributed by atoms with Gasteiger partial charge in [0.05, 0.1) is 0 Å². The van der Waals surface area contributed by atoms with E-state index in [1.807, 2.05) is 24.3 Å². The summed E-state index contributed by atoms with van der Waals surface area (Å²) < 4.78 is 1.10. The Labute approximate surface area is 114 Å². The van der Waals surface area contributed by atoms with Crippen LogP contribution in [0.15, 0.2) is 59.1 Å². The van der Waals surface area contributed by atoms with Crippen LogP contribution in [0.25, 0.3) is 23.1 Å². The molecule has 0 aliphatic rings. The van der Waals surface area contributed by atoms with E-state index >= 15 is 0 Å². The van der Waals surface area contributed by atoms with Crippen LogP contribution in [0.2, 0.25) is 0 Å². The first kappa shape index (κ1) is 11.3. The van der Waals surface area contributed by atoms with Crippen LogP contribution in [0.1, 0.15) is 11.3 Å². The predicted octanol–water partition coefficient (Wildman–Crippen LogP) is 5.10. The van der Waals surface area contributed by atoms with Crippen LogP contribution < -0.4 is 0 Å². The molecule has 0 fully saturated rings. The lowest BCUT2D eigenvalue weighted by molar-refractivity contribution is 1.43. The third-order valence-electron chi connectivity index (χ3n) is 2.86. The van der Waals surface area contributed by atoms with Crippen molar-refractivity contribution in [1.82, 2.24) is 4.98 Å². The van der Waals surface area contributed by atoms with Crippen molar-refractivity contribution in [3.05, 3.63) is 70.3 Å². The fraction of sp³-hybridized carbons (Fsp3) is 0. The zero-order valence-electron chi connectivity index (χ0n) is 9.73. The summed E-state index contributed by atoms with van der Waals surface area (Å²) in [7, 11) is 0. The molecule has 18 heavy (non-hydrogen) atoms. The first-order valence-electron chi connectivity index (χ1n) is 5.83. The van der Waals surface area contributed by atoms with Gasteiger partial charge in [0.1, 0.15) is 0 Å². The summed E-state index contributed by atoms with van der Waals surface area (Å²) in [6.45, 7) is 0. The Kier molecular flexibility index (Phi) is 3.03. The maximum atomic E-state index is 3.49. The molecule has 0 saturated heterocycles. The van der Waals surface area contributed by atoms with Crippen LogP contribution in [-0.4, -0.2) is 4.98 Å². The first-order valence-corrected chi connectivity index (χ1v) is 6.62. The van der Waals surface area contributed by atoms with Gasteiger partial charge in [0.15, 0.2) is 0 Å². The number of H-pyrrole nitrogens is 1. The zero-order valence-corrected chi connectivity index (χ0v) is 11.3. The Bertz CT molecular complexity index is 695. The van der Waals surface area contributed by atoms with E-state index in [1.54, 1.807) is 0 Å². The Morgan fingerprint density at radius 2 is 1.72 bits per heavy atom. The lowest BCUT2D eigenvalue weighted by Crippen LogP contribution is -1.71. The molecule has 0 unspecified atom stereocenters. The largest absolute Gasteiger partial charge is 0.355 e. The summed E-state index contributed by atoms with van der Waals surface area (Å²) in [5, 5.41) is 1.22. The standard InChI is InChI=1S/C16H12BrN/c17-14-7-9-16-13(10-14)11-15(18-16)8-6-12-4-2-1-3-5-12/h1-11,18H/b8-6+. The van der Waals surface area contributed by atoms with Gasteiger partial charge in [0.2, 0.25) is 0 Å². The molecule has 0 amide bonds. The van der Waals surface area contributed by atoms with Crippen molar-refractivity contribution in [2.24, 2.45) is 0 Å². The number of rotatable bonds is 2. The Balaban J connectivity index is 1.93. The molecular formula is C16H12BrN. The van der Waals surface area contributed by atoms with Gasteiger partial charge in [0.25, 0.3) is 0 Å². The fourth-order valence-electron chi connectivity index (χ4n) is 1.97. The monoisotopic (exact) mass is 297 g/mol. The van der Waals surface area contributed by atoms with Crippen molar-refractivity contribution in [3.63, 3.8) is 0 Å². The average Bonchev–Trinajstić information content (AvgIpc) is 2.79. The highest BCUT2D eigenvalue weighted by atomic mass is 79.9. The molecule has 3 aromatic rings. The number of halogens is 1. The van der Waals surface area contributed by atoms with Gasteiger partial charge in [-0.05, 0) is 35.9 Å². The topological polar surface area (TPSA) is 15.8 Å². The van der Waals surface area contributed by atoms with Crippen LogP contribution in [0.4, 0.5) is 0 Å². The smallest absolute Gasteiger partial charge is 0.0459 e. The van der Waals surface area contributed by atoms with E-state index < -0.39 is 0 Å².